The molecular weight excluding hydrogens is 225 g/mol. The third kappa shape index (κ3) is 1.17. The largest absolute Gasteiger partial charge is 0.260 e. The van der Waals surface area contributed by atoms with Gasteiger partial charge < -0.3 is 0 Å². The van der Waals surface area contributed by atoms with Crippen LogP contribution in [-0.2, 0) is 0 Å². The molecule has 2 aromatic rings. The van der Waals surface area contributed by atoms with Crippen LogP contribution in [0.3, 0.4) is 0 Å². The maximum Gasteiger partial charge on any atom is 0.0648 e. The highest BCUT2D eigenvalue weighted by atomic mass is 79.9. The summed E-state index contributed by atoms with van der Waals surface area (Å²) in [6.45, 7) is 0. The minimum atomic E-state index is 1.04. The first kappa shape index (κ1) is 7.19. The molecule has 3 heteroatoms. The number of rotatable bonds is 0. The van der Waals surface area contributed by atoms with Crippen molar-refractivity contribution in [1.29, 1.82) is 0 Å². The molecule has 0 saturated carbocycles. The van der Waals surface area contributed by atoms with E-state index in [9.17, 15) is 0 Å². The maximum absolute atomic E-state index is 5.83. The highest BCUT2D eigenvalue weighted by Crippen LogP contribution is 2.21. The summed E-state index contributed by atoms with van der Waals surface area (Å²) >= 11 is 9.22. The van der Waals surface area contributed by atoms with Crippen molar-refractivity contribution in [3.63, 3.8) is 0 Å². The molecular formula is C8H5BrClN. The average molecular weight is 230 g/mol. The van der Waals surface area contributed by atoms with E-state index in [0.29, 0.717) is 0 Å². The minimum absolute atomic E-state index is 1.04. The molecule has 0 saturated heterocycles. The molecule has 1 heterocycles. The SMILES string of the molecule is Cln1ccc2cc(Br)ccc21. The lowest BCUT2D eigenvalue weighted by Crippen LogP contribution is -1.74. The van der Waals surface area contributed by atoms with Gasteiger partial charge in [0.05, 0.1) is 5.52 Å². The Bertz CT molecular complexity index is 394. The highest BCUT2D eigenvalue weighted by Gasteiger charge is 1.97. The predicted molar refractivity (Wildman–Crippen MR) is 50.9 cm³/mol. The van der Waals surface area contributed by atoms with Crippen LogP contribution in [0.2, 0.25) is 0 Å². The molecule has 2 rings (SSSR count). The van der Waals surface area contributed by atoms with Gasteiger partial charge in [-0.05, 0) is 24.3 Å². The monoisotopic (exact) mass is 229 g/mol. The molecule has 0 aliphatic rings. The predicted octanol–water partition coefficient (Wildman–Crippen LogP) is 3.41. The lowest BCUT2D eigenvalue weighted by molar-refractivity contribution is 1.33. The Morgan fingerprint density at radius 1 is 1.27 bits per heavy atom. The molecule has 11 heavy (non-hydrogen) atoms. The molecule has 0 fully saturated rings. The zero-order valence-corrected chi connectivity index (χ0v) is 7.93. The summed E-state index contributed by atoms with van der Waals surface area (Å²) in [5.41, 5.74) is 1.04. The van der Waals surface area contributed by atoms with Crippen LogP contribution in [0, 0.1) is 0 Å². The second-order valence-electron chi connectivity index (χ2n) is 2.33. The van der Waals surface area contributed by atoms with Gasteiger partial charge in [0.1, 0.15) is 0 Å². The van der Waals surface area contributed by atoms with Gasteiger partial charge in [0.2, 0.25) is 0 Å². The van der Waals surface area contributed by atoms with Crippen LogP contribution in [0.25, 0.3) is 10.9 Å². The molecule has 0 N–H and O–H groups in total. The van der Waals surface area contributed by atoms with E-state index in [1.807, 2.05) is 30.5 Å². The summed E-state index contributed by atoms with van der Waals surface area (Å²) in [4.78, 5) is 0. The van der Waals surface area contributed by atoms with Crippen LogP contribution in [-0.4, -0.2) is 4.09 Å². The standard InChI is InChI=1S/C8H5BrClN/c9-7-1-2-8-6(5-7)3-4-11(8)10/h1-5H. The first-order valence-corrected chi connectivity index (χ1v) is 4.33. The van der Waals surface area contributed by atoms with Gasteiger partial charge in [0.25, 0.3) is 0 Å². The van der Waals surface area contributed by atoms with E-state index in [1.54, 1.807) is 4.09 Å². The van der Waals surface area contributed by atoms with Gasteiger partial charge in [0, 0.05) is 27.8 Å². The fraction of sp³-hybridized carbons (Fsp3) is 0. The number of hydrogen-bond donors (Lipinski definition) is 0. The number of benzene rings is 1. The second kappa shape index (κ2) is 2.54. The summed E-state index contributed by atoms with van der Waals surface area (Å²) < 4.78 is 2.66. The Labute approximate surface area is 77.8 Å². The van der Waals surface area contributed by atoms with Crippen molar-refractivity contribution in [3.8, 4) is 0 Å². The molecule has 1 aromatic heterocycles. The Morgan fingerprint density at radius 2 is 2.09 bits per heavy atom. The van der Waals surface area contributed by atoms with Crippen LogP contribution in [0.4, 0.5) is 0 Å². The van der Waals surface area contributed by atoms with Crippen LogP contribution in [0.1, 0.15) is 0 Å². The second-order valence-corrected chi connectivity index (χ2v) is 3.61. The molecule has 0 bridgehead atoms. The quantitative estimate of drug-likeness (QED) is 0.654. The zero-order valence-electron chi connectivity index (χ0n) is 5.59. The van der Waals surface area contributed by atoms with Crippen molar-refractivity contribution >= 4 is 38.6 Å². The van der Waals surface area contributed by atoms with Crippen LogP contribution in [0.5, 0.6) is 0 Å². The van der Waals surface area contributed by atoms with Gasteiger partial charge in [-0.3, -0.25) is 4.09 Å². The maximum atomic E-state index is 5.83. The molecule has 1 aromatic carbocycles. The van der Waals surface area contributed by atoms with Crippen molar-refractivity contribution < 1.29 is 0 Å². The van der Waals surface area contributed by atoms with Crippen LogP contribution >= 0.6 is 27.7 Å². The minimum Gasteiger partial charge on any atom is -0.260 e. The normalized spacial score (nSPS) is 10.7. The van der Waals surface area contributed by atoms with Gasteiger partial charge >= 0.3 is 0 Å². The Hall–Kier alpha value is -0.470. The molecule has 0 unspecified atom stereocenters. The average Bonchev–Trinajstić information content (AvgIpc) is 2.32. The number of hydrogen-bond acceptors (Lipinski definition) is 0. The summed E-state index contributed by atoms with van der Waals surface area (Å²) in [6.07, 6.45) is 1.83. The Morgan fingerprint density at radius 3 is 2.91 bits per heavy atom. The van der Waals surface area contributed by atoms with Gasteiger partial charge in [-0.2, -0.15) is 0 Å². The Kier molecular flexibility index (Phi) is 1.66. The summed E-state index contributed by atoms with van der Waals surface area (Å²) in [6, 6.07) is 7.97. The molecule has 0 radical (unpaired) electrons. The first-order valence-electron chi connectivity index (χ1n) is 3.20. The molecule has 0 aliphatic carbocycles. The number of aromatic nitrogens is 1. The molecule has 1 nitrogen and oxygen atoms in total. The summed E-state index contributed by atoms with van der Waals surface area (Å²) in [7, 11) is 0. The molecule has 0 aliphatic heterocycles. The van der Waals surface area contributed by atoms with E-state index in [0.717, 1.165) is 15.4 Å². The fourth-order valence-corrected chi connectivity index (χ4v) is 1.67. The Balaban J connectivity index is 2.86. The van der Waals surface area contributed by atoms with Crippen molar-refractivity contribution in [1.82, 2.24) is 4.09 Å². The molecule has 0 atom stereocenters. The van der Waals surface area contributed by atoms with E-state index in [2.05, 4.69) is 15.9 Å². The third-order valence-electron chi connectivity index (χ3n) is 1.60. The number of fused-ring (bicyclic) bond motifs is 1. The lowest BCUT2D eigenvalue weighted by atomic mass is 10.3. The van der Waals surface area contributed by atoms with Crippen molar-refractivity contribution in [2.24, 2.45) is 0 Å². The van der Waals surface area contributed by atoms with E-state index in [-0.39, 0.29) is 0 Å². The van der Waals surface area contributed by atoms with Crippen molar-refractivity contribution in [2.45, 2.75) is 0 Å². The summed E-state index contributed by atoms with van der Waals surface area (Å²) in [5.74, 6) is 0. The van der Waals surface area contributed by atoms with Crippen molar-refractivity contribution in [2.75, 3.05) is 0 Å². The van der Waals surface area contributed by atoms with E-state index in [1.165, 1.54) is 0 Å². The van der Waals surface area contributed by atoms with E-state index < -0.39 is 0 Å². The van der Waals surface area contributed by atoms with E-state index in [4.69, 9.17) is 11.8 Å². The molecule has 0 amide bonds. The van der Waals surface area contributed by atoms with Gasteiger partial charge in [-0.1, -0.05) is 15.9 Å². The van der Waals surface area contributed by atoms with Gasteiger partial charge in [0.15, 0.2) is 0 Å². The molecule has 0 spiro atoms. The van der Waals surface area contributed by atoms with Crippen molar-refractivity contribution in [3.05, 3.63) is 34.9 Å². The highest BCUT2D eigenvalue weighted by molar-refractivity contribution is 9.10. The topological polar surface area (TPSA) is 4.93 Å². The number of nitrogens with zero attached hydrogens (tertiary/aromatic N) is 1. The molecule has 56 valence electrons. The first-order chi connectivity index (χ1) is 5.27. The summed E-state index contributed by atoms with van der Waals surface area (Å²) in [5, 5.41) is 1.15. The number of halogens is 2. The third-order valence-corrected chi connectivity index (χ3v) is 2.39. The van der Waals surface area contributed by atoms with E-state index >= 15 is 0 Å². The van der Waals surface area contributed by atoms with Crippen LogP contribution in [0.15, 0.2) is 34.9 Å². The fourth-order valence-electron chi connectivity index (χ4n) is 1.08. The van der Waals surface area contributed by atoms with Crippen LogP contribution < -0.4 is 0 Å². The smallest absolute Gasteiger partial charge is 0.0648 e. The lowest BCUT2D eigenvalue weighted by Gasteiger charge is -1.92. The van der Waals surface area contributed by atoms with Gasteiger partial charge in [-0.15, -0.1) is 0 Å². The zero-order chi connectivity index (χ0) is 7.84. The van der Waals surface area contributed by atoms with Gasteiger partial charge in [-0.25, -0.2) is 0 Å².